The van der Waals surface area contributed by atoms with Gasteiger partial charge in [0.2, 0.25) is 0 Å². The number of piperidine rings is 1. The van der Waals surface area contributed by atoms with Crippen molar-refractivity contribution in [1.29, 1.82) is 0 Å². The summed E-state index contributed by atoms with van der Waals surface area (Å²) in [5.41, 5.74) is 1.45. The first-order valence-corrected chi connectivity index (χ1v) is 15.2. The van der Waals surface area contributed by atoms with Crippen molar-refractivity contribution >= 4 is 16.9 Å². The number of benzene rings is 1. The van der Waals surface area contributed by atoms with Crippen molar-refractivity contribution in [2.24, 2.45) is 11.8 Å². The lowest BCUT2D eigenvalue weighted by molar-refractivity contribution is -0.136. The van der Waals surface area contributed by atoms with Crippen molar-refractivity contribution < 1.29 is 18.3 Å². The van der Waals surface area contributed by atoms with Crippen LogP contribution < -0.4 is 5.69 Å². The van der Waals surface area contributed by atoms with Gasteiger partial charge in [0.05, 0.1) is 29.1 Å². The van der Waals surface area contributed by atoms with Crippen LogP contribution in [-0.2, 0) is 19.3 Å². The third-order valence-corrected chi connectivity index (χ3v) is 9.68. The molecule has 41 heavy (non-hydrogen) atoms. The third kappa shape index (κ3) is 5.49. The number of aromatic nitrogens is 3. The van der Waals surface area contributed by atoms with Gasteiger partial charge in [-0.15, -0.1) is 11.3 Å². The highest BCUT2D eigenvalue weighted by atomic mass is 32.1. The molecule has 6 nitrogen and oxygen atoms in total. The zero-order valence-corrected chi connectivity index (χ0v) is 24.1. The number of aryl methyl sites for hydroxylation is 1. The number of pyridine rings is 1. The van der Waals surface area contributed by atoms with Gasteiger partial charge in [-0.25, -0.2) is 9.78 Å². The molecule has 1 aliphatic carbocycles. The lowest BCUT2D eigenvalue weighted by atomic mass is 9.71. The number of imidazole rings is 1. The number of halogens is 3. The standard InChI is InChI=1S/C31H35F3N4O2S/c1-19-6-5-11-36(14-19)15-21-12-25(31(32,33)34)26-17-37(30(40)38(26)16-21)24-10-4-9-23(13-24)28(22-7-3-8-22)29-20(2)41-27(18-39)35-29/h4,9-10,12-13,16-17,19,22,28,39H,3,5-8,11,14-15,18H2,1-2H3/t19-,28?/m0/s1. The van der Waals surface area contributed by atoms with Gasteiger partial charge in [0, 0.05) is 36.3 Å². The molecular weight excluding hydrogens is 549 g/mol. The lowest BCUT2D eigenvalue weighted by Gasteiger charge is -2.34. The van der Waals surface area contributed by atoms with Gasteiger partial charge in [-0.1, -0.05) is 25.5 Å². The van der Waals surface area contributed by atoms with Crippen LogP contribution >= 0.6 is 11.3 Å². The molecule has 1 aliphatic heterocycles. The normalized spacial score (nSPS) is 19.5. The molecule has 0 spiro atoms. The monoisotopic (exact) mass is 584 g/mol. The van der Waals surface area contributed by atoms with Crippen molar-refractivity contribution in [3.63, 3.8) is 0 Å². The highest BCUT2D eigenvalue weighted by molar-refractivity contribution is 7.11. The fourth-order valence-corrected chi connectivity index (χ4v) is 7.39. The molecule has 2 aliphatic rings. The largest absolute Gasteiger partial charge is 0.418 e. The van der Waals surface area contributed by atoms with Crippen molar-refractivity contribution in [2.45, 2.75) is 71.2 Å². The van der Waals surface area contributed by atoms with E-state index in [1.807, 2.05) is 25.1 Å². The molecule has 4 aromatic rings. The van der Waals surface area contributed by atoms with E-state index in [4.69, 9.17) is 4.98 Å². The predicted octanol–water partition coefficient (Wildman–Crippen LogP) is 6.53. The summed E-state index contributed by atoms with van der Waals surface area (Å²) < 4.78 is 45.3. The van der Waals surface area contributed by atoms with Crippen LogP contribution in [0.5, 0.6) is 0 Å². The molecule has 6 rings (SSSR count). The molecule has 10 heteroatoms. The molecule has 3 aromatic heterocycles. The minimum Gasteiger partial charge on any atom is -0.389 e. The van der Waals surface area contributed by atoms with Gasteiger partial charge in [0.1, 0.15) is 5.01 Å². The van der Waals surface area contributed by atoms with Crippen molar-refractivity contribution in [1.82, 2.24) is 18.9 Å². The Bertz CT molecular complexity index is 1620. The SMILES string of the molecule is Cc1sc(CO)nc1C(c1cccc(-n2cc3c(C(F)(F)F)cc(CN4CCC[C@H](C)C4)cn3c2=O)c1)C1CCC1. The fourth-order valence-electron chi connectivity index (χ4n) is 6.55. The Morgan fingerprint density at radius 3 is 2.61 bits per heavy atom. The molecule has 0 radical (unpaired) electrons. The van der Waals surface area contributed by atoms with Crippen molar-refractivity contribution in [3.8, 4) is 5.69 Å². The van der Waals surface area contributed by atoms with Gasteiger partial charge in [-0.05, 0) is 80.3 Å². The maximum Gasteiger partial charge on any atom is 0.418 e. The van der Waals surface area contributed by atoms with Crippen LogP contribution in [0.1, 0.15) is 77.2 Å². The quantitative estimate of drug-likeness (QED) is 0.268. The van der Waals surface area contributed by atoms with Gasteiger partial charge in [-0.2, -0.15) is 13.2 Å². The number of fused-ring (bicyclic) bond motifs is 1. The molecule has 4 heterocycles. The van der Waals surface area contributed by atoms with Gasteiger partial charge in [0.25, 0.3) is 0 Å². The number of aliphatic hydroxyl groups excluding tert-OH is 1. The number of hydrogen-bond donors (Lipinski definition) is 1. The Kier molecular flexibility index (Phi) is 7.59. The highest BCUT2D eigenvalue weighted by Crippen LogP contribution is 2.45. The Hall–Kier alpha value is -2.95. The molecule has 2 fully saturated rings. The van der Waals surface area contributed by atoms with Crippen LogP contribution in [0.2, 0.25) is 0 Å². The van der Waals surface area contributed by atoms with E-state index in [-0.39, 0.29) is 18.0 Å². The van der Waals surface area contributed by atoms with E-state index in [9.17, 15) is 23.1 Å². The van der Waals surface area contributed by atoms with Gasteiger partial charge in [-0.3, -0.25) is 13.9 Å². The Balaban J connectivity index is 1.42. The average molecular weight is 585 g/mol. The van der Waals surface area contributed by atoms with E-state index in [1.54, 1.807) is 12.3 Å². The second-order valence-corrected chi connectivity index (χ2v) is 13.0. The first kappa shape index (κ1) is 28.2. The van der Waals surface area contributed by atoms with E-state index in [1.165, 1.54) is 28.2 Å². The smallest absolute Gasteiger partial charge is 0.389 e. The van der Waals surface area contributed by atoms with Crippen LogP contribution in [0.25, 0.3) is 11.2 Å². The summed E-state index contributed by atoms with van der Waals surface area (Å²) in [4.78, 5) is 21.6. The summed E-state index contributed by atoms with van der Waals surface area (Å²) in [6.07, 6.45) is 3.68. The highest BCUT2D eigenvalue weighted by Gasteiger charge is 2.36. The molecule has 1 saturated heterocycles. The molecule has 218 valence electrons. The zero-order valence-electron chi connectivity index (χ0n) is 23.3. The maximum atomic E-state index is 14.3. The van der Waals surface area contributed by atoms with Gasteiger partial charge in [0.15, 0.2) is 0 Å². The van der Waals surface area contributed by atoms with Gasteiger partial charge < -0.3 is 5.11 Å². The number of likely N-dealkylation sites (tertiary alicyclic amines) is 1. The number of aliphatic hydroxyl groups is 1. The third-order valence-electron chi connectivity index (χ3n) is 8.71. The lowest BCUT2D eigenvalue weighted by Crippen LogP contribution is -2.34. The molecule has 1 aromatic carbocycles. The molecule has 1 saturated carbocycles. The number of rotatable bonds is 7. The minimum absolute atomic E-state index is 0.00254. The summed E-state index contributed by atoms with van der Waals surface area (Å²) in [5, 5.41) is 10.3. The molecule has 2 atom stereocenters. The summed E-state index contributed by atoms with van der Waals surface area (Å²) in [5.74, 6) is 0.884. The second kappa shape index (κ2) is 11.0. The molecule has 1 unspecified atom stereocenters. The summed E-state index contributed by atoms with van der Waals surface area (Å²) in [7, 11) is 0. The van der Waals surface area contributed by atoms with Crippen molar-refractivity contribution in [2.75, 3.05) is 13.1 Å². The number of thiazole rings is 1. The topological polar surface area (TPSA) is 62.8 Å². The van der Waals surface area contributed by atoms with Crippen LogP contribution in [0, 0.1) is 18.8 Å². The van der Waals surface area contributed by atoms with E-state index in [2.05, 4.69) is 11.8 Å². The van der Waals surface area contributed by atoms with Crippen LogP contribution in [0.15, 0.2) is 47.5 Å². The average Bonchev–Trinajstić information content (AvgIpc) is 3.44. The summed E-state index contributed by atoms with van der Waals surface area (Å²) in [6, 6.07) is 8.73. The first-order chi connectivity index (χ1) is 19.6. The van der Waals surface area contributed by atoms with E-state index >= 15 is 0 Å². The minimum atomic E-state index is -4.60. The number of nitrogens with zero attached hydrogens (tertiary/aromatic N) is 4. The zero-order chi connectivity index (χ0) is 28.9. The van der Waals surface area contributed by atoms with Crippen molar-refractivity contribution in [3.05, 3.63) is 85.5 Å². The number of hydrogen-bond acceptors (Lipinski definition) is 5. The van der Waals surface area contributed by atoms with E-state index in [0.29, 0.717) is 34.6 Å². The van der Waals surface area contributed by atoms with E-state index in [0.717, 1.165) is 65.7 Å². The summed E-state index contributed by atoms with van der Waals surface area (Å²) >= 11 is 1.48. The maximum absolute atomic E-state index is 14.3. The van der Waals surface area contributed by atoms with Crippen LogP contribution in [0.3, 0.4) is 0 Å². The van der Waals surface area contributed by atoms with Gasteiger partial charge >= 0.3 is 11.9 Å². The Labute approximate surface area is 241 Å². The Morgan fingerprint density at radius 2 is 1.95 bits per heavy atom. The number of alkyl halides is 3. The molecule has 0 amide bonds. The van der Waals surface area contributed by atoms with Crippen LogP contribution in [-0.4, -0.2) is 37.0 Å². The molecule has 0 bridgehead atoms. The molecular formula is C31H35F3N4O2S. The van der Waals surface area contributed by atoms with Crippen LogP contribution in [0.4, 0.5) is 13.2 Å². The Morgan fingerprint density at radius 1 is 1.15 bits per heavy atom. The first-order valence-electron chi connectivity index (χ1n) is 14.4. The molecule has 1 N–H and O–H groups in total. The summed E-state index contributed by atoms with van der Waals surface area (Å²) in [6.45, 7) is 6.10. The second-order valence-electron chi connectivity index (χ2n) is 11.8. The fraction of sp³-hybridized carbons (Fsp3) is 0.484. The van der Waals surface area contributed by atoms with E-state index < -0.39 is 17.4 Å². The predicted molar refractivity (Wildman–Crippen MR) is 154 cm³/mol.